The van der Waals surface area contributed by atoms with Gasteiger partial charge in [0, 0.05) is 5.56 Å². The minimum atomic E-state index is -1.01. The number of rotatable bonds is 2. The average molecular weight is 280 g/mol. The zero-order valence-corrected chi connectivity index (χ0v) is 11.4. The second-order valence-electron chi connectivity index (χ2n) is 4.47. The molecule has 1 atom stereocenters. The van der Waals surface area contributed by atoms with E-state index in [1.165, 1.54) is 0 Å². The number of carbonyl (C=O) groups excluding carboxylic acids is 1. The van der Waals surface area contributed by atoms with Crippen molar-refractivity contribution < 1.29 is 18.3 Å². The van der Waals surface area contributed by atoms with Gasteiger partial charge in [0.25, 0.3) is 0 Å². The normalized spacial score (nSPS) is 17.8. The molecule has 0 aromatic heterocycles. The molecule has 1 heterocycles. The number of ether oxygens (including phenoxy) is 1. The van der Waals surface area contributed by atoms with E-state index in [1.807, 2.05) is 0 Å². The molecular weight excluding hydrogens is 266 g/mol. The Labute approximate surface area is 115 Å². The van der Waals surface area contributed by atoms with Gasteiger partial charge in [0.2, 0.25) is 0 Å². The Kier molecular flexibility index (Phi) is 3.92. The van der Waals surface area contributed by atoms with E-state index in [4.69, 9.17) is 4.74 Å². The first-order chi connectivity index (χ1) is 9.45. The third-order valence-electron chi connectivity index (χ3n) is 3.09. The monoisotopic (exact) mass is 280 g/mol. The van der Waals surface area contributed by atoms with Crippen LogP contribution >= 0.6 is 0 Å². The van der Waals surface area contributed by atoms with E-state index >= 15 is 0 Å². The van der Waals surface area contributed by atoms with Gasteiger partial charge in [0.05, 0.1) is 18.0 Å². The molecule has 0 radical (unpaired) electrons. The molecule has 0 saturated heterocycles. The van der Waals surface area contributed by atoms with Crippen molar-refractivity contribution in [2.45, 2.75) is 26.7 Å². The van der Waals surface area contributed by atoms with Crippen molar-refractivity contribution in [3.8, 4) is 0 Å². The average Bonchev–Trinajstić information content (AvgIpc) is 2.50. The largest absolute Gasteiger partial charge is 0.465 e. The minimum Gasteiger partial charge on any atom is -0.465 e. The van der Waals surface area contributed by atoms with Gasteiger partial charge < -0.3 is 4.74 Å². The number of benzene rings is 1. The molecule has 106 valence electrons. The fraction of sp³-hybridized carbons (Fsp3) is 0.357. The molecule has 1 aliphatic heterocycles. The van der Waals surface area contributed by atoms with E-state index in [-0.39, 0.29) is 6.61 Å². The number of halogens is 2. The summed E-state index contributed by atoms with van der Waals surface area (Å²) >= 11 is 0. The van der Waals surface area contributed by atoms with Crippen LogP contribution in [0.2, 0.25) is 0 Å². The molecule has 0 aliphatic carbocycles. The summed E-state index contributed by atoms with van der Waals surface area (Å²) in [4.78, 5) is 12.1. The molecule has 0 saturated carbocycles. The van der Waals surface area contributed by atoms with Crippen LogP contribution < -0.4 is 0 Å². The molecule has 1 aromatic carbocycles. The Morgan fingerprint density at radius 3 is 2.55 bits per heavy atom. The molecule has 1 aliphatic rings. The summed E-state index contributed by atoms with van der Waals surface area (Å²) in [7, 11) is 0. The number of esters is 1. The van der Waals surface area contributed by atoms with Gasteiger partial charge >= 0.3 is 5.97 Å². The first-order valence-corrected chi connectivity index (χ1v) is 6.20. The fourth-order valence-electron chi connectivity index (χ4n) is 2.13. The van der Waals surface area contributed by atoms with E-state index in [2.05, 4.69) is 10.2 Å². The molecule has 1 unspecified atom stereocenters. The van der Waals surface area contributed by atoms with Gasteiger partial charge in [-0.25, -0.2) is 8.78 Å². The molecule has 1 aromatic rings. The Hall–Kier alpha value is -2.11. The first kappa shape index (κ1) is 14.3. The maximum atomic E-state index is 13.5. The Bertz CT molecular complexity index is 624. The maximum Gasteiger partial charge on any atom is 0.319 e. The van der Waals surface area contributed by atoms with Gasteiger partial charge in [0.1, 0.15) is 5.92 Å². The summed E-state index contributed by atoms with van der Waals surface area (Å²) in [6.07, 6.45) is 0. The molecule has 0 bridgehead atoms. The number of fused-ring (bicyclic) bond motifs is 1. The summed E-state index contributed by atoms with van der Waals surface area (Å²) in [5.74, 6) is -3.42. The summed E-state index contributed by atoms with van der Waals surface area (Å²) < 4.78 is 31.9. The fourth-order valence-corrected chi connectivity index (χ4v) is 2.13. The van der Waals surface area contributed by atoms with Crippen molar-refractivity contribution in [2.75, 3.05) is 6.61 Å². The van der Waals surface area contributed by atoms with Crippen molar-refractivity contribution in [3.05, 3.63) is 34.9 Å². The Morgan fingerprint density at radius 2 is 1.90 bits per heavy atom. The van der Waals surface area contributed by atoms with Gasteiger partial charge in [0.15, 0.2) is 11.6 Å². The van der Waals surface area contributed by atoms with Crippen LogP contribution in [0.5, 0.6) is 0 Å². The highest BCUT2D eigenvalue weighted by Crippen LogP contribution is 2.28. The van der Waals surface area contributed by atoms with Gasteiger partial charge in [-0.3, -0.25) is 4.79 Å². The van der Waals surface area contributed by atoms with Gasteiger partial charge in [-0.2, -0.15) is 10.2 Å². The Morgan fingerprint density at radius 1 is 1.25 bits per heavy atom. The molecule has 6 heteroatoms. The van der Waals surface area contributed by atoms with Gasteiger partial charge in [-0.15, -0.1) is 0 Å². The summed E-state index contributed by atoms with van der Waals surface area (Å²) in [6, 6.07) is 2.04. The summed E-state index contributed by atoms with van der Waals surface area (Å²) in [6.45, 7) is 5.10. The van der Waals surface area contributed by atoms with E-state index in [0.717, 1.165) is 12.1 Å². The summed E-state index contributed by atoms with van der Waals surface area (Å²) in [5.41, 5.74) is 1.49. The van der Waals surface area contributed by atoms with Crippen molar-refractivity contribution >= 4 is 17.4 Å². The number of hydrogen-bond acceptors (Lipinski definition) is 4. The predicted octanol–water partition coefficient (Wildman–Crippen LogP) is 2.81. The highest BCUT2D eigenvalue weighted by molar-refractivity contribution is 6.11. The molecule has 2 rings (SSSR count). The molecule has 0 spiro atoms. The van der Waals surface area contributed by atoms with Crippen LogP contribution in [0.3, 0.4) is 0 Å². The van der Waals surface area contributed by atoms with Crippen molar-refractivity contribution in [1.29, 1.82) is 0 Å². The quantitative estimate of drug-likeness (QED) is 0.782. The smallest absolute Gasteiger partial charge is 0.319 e. The third kappa shape index (κ3) is 2.45. The lowest BCUT2D eigenvalue weighted by Gasteiger charge is -2.17. The van der Waals surface area contributed by atoms with Crippen LogP contribution in [0, 0.1) is 11.6 Å². The Balaban J connectivity index is 2.64. The molecule has 0 N–H and O–H groups in total. The predicted molar refractivity (Wildman–Crippen MR) is 71.1 cm³/mol. The number of nitrogens with zero attached hydrogens (tertiary/aromatic N) is 2. The lowest BCUT2D eigenvalue weighted by molar-refractivity contribution is -0.143. The highest BCUT2D eigenvalue weighted by Gasteiger charge is 2.31. The van der Waals surface area contributed by atoms with Crippen LogP contribution in [0.25, 0.3) is 0 Å². The maximum absolute atomic E-state index is 13.5. The number of hydrogen-bond donors (Lipinski definition) is 0. The van der Waals surface area contributed by atoms with E-state index < -0.39 is 23.5 Å². The van der Waals surface area contributed by atoms with Gasteiger partial charge in [-0.05, 0) is 38.5 Å². The summed E-state index contributed by atoms with van der Waals surface area (Å²) in [5, 5.41) is 7.84. The molecule has 4 nitrogen and oxygen atoms in total. The molecule has 0 amide bonds. The van der Waals surface area contributed by atoms with Crippen molar-refractivity contribution in [2.24, 2.45) is 10.2 Å². The zero-order valence-electron chi connectivity index (χ0n) is 11.4. The minimum absolute atomic E-state index is 0.196. The van der Waals surface area contributed by atoms with Crippen LogP contribution in [0.4, 0.5) is 8.78 Å². The van der Waals surface area contributed by atoms with Crippen LogP contribution in [-0.2, 0) is 9.53 Å². The number of carbonyl (C=O) groups is 1. The first-order valence-electron chi connectivity index (χ1n) is 6.20. The van der Waals surface area contributed by atoms with E-state index in [0.29, 0.717) is 22.6 Å². The molecule has 20 heavy (non-hydrogen) atoms. The van der Waals surface area contributed by atoms with E-state index in [1.54, 1.807) is 20.8 Å². The second-order valence-corrected chi connectivity index (χ2v) is 4.47. The molecular formula is C14H14F2N2O2. The lowest BCUT2D eigenvalue weighted by Crippen LogP contribution is -2.23. The van der Waals surface area contributed by atoms with Gasteiger partial charge in [-0.1, -0.05) is 0 Å². The topological polar surface area (TPSA) is 51.0 Å². The standard InChI is InChI=1S/C14H14F2N2O2/c1-4-20-14(19)13-8(3)18-17-7(2)9-5-11(15)12(16)6-10(9)13/h5-6,13H,4H2,1-3H3. The van der Waals surface area contributed by atoms with Crippen LogP contribution in [-0.4, -0.2) is 24.0 Å². The SMILES string of the molecule is CCOC(=O)C1C(C)=NN=C(C)c2cc(F)c(F)cc21. The highest BCUT2D eigenvalue weighted by atomic mass is 19.2. The molecule has 0 fully saturated rings. The van der Waals surface area contributed by atoms with Crippen molar-refractivity contribution in [1.82, 2.24) is 0 Å². The van der Waals surface area contributed by atoms with Crippen LogP contribution in [0.1, 0.15) is 37.8 Å². The zero-order chi connectivity index (χ0) is 14.9. The third-order valence-corrected chi connectivity index (χ3v) is 3.09. The van der Waals surface area contributed by atoms with Crippen LogP contribution in [0.15, 0.2) is 22.3 Å². The van der Waals surface area contributed by atoms with Crippen molar-refractivity contribution in [3.63, 3.8) is 0 Å². The van der Waals surface area contributed by atoms with E-state index in [9.17, 15) is 13.6 Å². The lowest BCUT2D eigenvalue weighted by atomic mass is 9.89. The second kappa shape index (κ2) is 5.48.